The van der Waals surface area contributed by atoms with E-state index in [0.717, 1.165) is 6.61 Å². The Balaban J connectivity index is 2.15. The molecule has 1 N–H and O–H groups in total. The van der Waals surface area contributed by atoms with Crippen LogP contribution in [0.5, 0.6) is 11.5 Å². The zero-order chi connectivity index (χ0) is 12.3. The van der Waals surface area contributed by atoms with E-state index in [1.165, 1.54) is 20.0 Å². The molecular formula is C13H17NO3. The standard InChI is InChI=1S/C13H17NO3/c1-15-11-6-5-10(13(14)16-2)7-12(11)17-8-9-3-4-9/h5-7,9,14H,3-4,8H2,1-2H3. The van der Waals surface area contributed by atoms with Crippen molar-refractivity contribution in [1.82, 2.24) is 0 Å². The molecule has 1 aromatic rings. The molecule has 0 atom stereocenters. The van der Waals surface area contributed by atoms with Crippen LogP contribution < -0.4 is 9.47 Å². The van der Waals surface area contributed by atoms with Gasteiger partial charge < -0.3 is 14.2 Å². The van der Waals surface area contributed by atoms with E-state index in [0.29, 0.717) is 23.0 Å². The fourth-order valence-electron chi connectivity index (χ4n) is 1.54. The van der Waals surface area contributed by atoms with E-state index >= 15 is 0 Å². The van der Waals surface area contributed by atoms with E-state index in [4.69, 9.17) is 19.6 Å². The molecule has 1 aromatic carbocycles. The fraction of sp³-hybridized carbons (Fsp3) is 0.462. The minimum absolute atomic E-state index is 0.129. The van der Waals surface area contributed by atoms with E-state index in [-0.39, 0.29) is 5.90 Å². The molecule has 17 heavy (non-hydrogen) atoms. The average Bonchev–Trinajstić information content (AvgIpc) is 3.19. The summed E-state index contributed by atoms with van der Waals surface area (Å²) in [7, 11) is 3.10. The van der Waals surface area contributed by atoms with Gasteiger partial charge in [-0.1, -0.05) is 0 Å². The first-order valence-electron chi connectivity index (χ1n) is 5.68. The molecule has 1 fully saturated rings. The van der Waals surface area contributed by atoms with Crippen LogP contribution in [0.25, 0.3) is 0 Å². The highest BCUT2D eigenvalue weighted by Gasteiger charge is 2.22. The van der Waals surface area contributed by atoms with Crippen molar-refractivity contribution in [3.05, 3.63) is 23.8 Å². The maximum absolute atomic E-state index is 7.61. The summed E-state index contributed by atoms with van der Waals surface area (Å²) >= 11 is 0. The van der Waals surface area contributed by atoms with Gasteiger partial charge in [0.05, 0.1) is 20.8 Å². The molecule has 1 aliphatic carbocycles. The Bertz CT molecular complexity index is 413. The molecule has 0 bridgehead atoms. The molecule has 0 aliphatic heterocycles. The zero-order valence-corrected chi connectivity index (χ0v) is 10.2. The first-order chi connectivity index (χ1) is 8.24. The minimum Gasteiger partial charge on any atom is -0.493 e. The molecule has 4 nitrogen and oxygen atoms in total. The predicted molar refractivity (Wildman–Crippen MR) is 65.1 cm³/mol. The summed E-state index contributed by atoms with van der Waals surface area (Å²) in [4.78, 5) is 0. The smallest absolute Gasteiger partial charge is 0.213 e. The molecule has 0 radical (unpaired) electrons. The number of benzene rings is 1. The molecule has 92 valence electrons. The highest BCUT2D eigenvalue weighted by Crippen LogP contribution is 2.33. The van der Waals surface area contributed by atoms with Gasteiger partial charge in [0, 0.05) is 5.56 Å². The lowest BCUT2D eigenvalue weighted by atomic mass is 10.2. The number of ether oxygens (including phenoxy) is 3. The molecule has 1 aliphatic rings. The second-order valence-corrected chi connectivity index (χ2v) is 4.15. The molecule has 4 heteroatoms. The van der Waals surface area contributed by atoms with Gasteiger partial charge in [-0.25, -0.2) is 0 Å². The number of hydrogen-bond acceptors (Lipinski definition) is 4. The number of hydrogen-bond donors (Lipinski definition) is 1. The van der Waals surface area contributed by atoms with Crippen LogP contribution in [0.1, 0.15) is 18.4 Å². The van der Waals surface area contributed by atoms with Gasteiger partial charge in [0.1, 0.15) is 0 Å². The molecule has 0 amide bonds. The second-order valence-electron chi connectivity index (χ2n) is 4.15. The Labute approximate surface area is 101 Å². The van der Waals surface area contributed by atoms with E-state index in [9.17, 15) is 0 Å². The summed E-state index contributed by atoms with van der Waals surface area (Å²) in [6, 6.07) is 5.37. The Hall–Kier alpha value is -1.71. The lowest BCUT2D eigenvalue weighted by molar-refractivity contribution is 0.280. The van der Waals surface area contributed by atoms with Crippen LogP contribution in [-0.4, -0.2) is 26.7 Å². The van der Waals surface area contributed by atoms with E-state index < -0.39 is 0 Å². The minimum atomic E-state index is 0.129. The molecule has 0 saturated heterocycles. The lowest BCUT2D eigenvalue weighted by Gasteiger charge is -2.12. The summed E-state index contributed by atoms with van der Waals surface area (Å²) < 4.78 is 15.8. The van der Waals surface area contributed by atoms with Crippen molar-refractivity contribution in [3.63, 3.8) is 0 Å². The van der Waals surface area contributed by atoms with Gasteiger partial charge in [-0.05, 0) is 37.0 Å². The van der Waals surface area contributed by atoms with Gasteiger partial charge >= 0.3 is 0 Å². The predicted octanol–water partition coefficient (Wildman–Crippen LogP) is 2.46. The van der Waals surface area contributed by atoms with Crippen molar-refractivity contribution in [2.24, 2.45) is 5.92 Å². The van der Waals surface area contributed by atoms with Crippen molar-refractivity contribution in [3.8, 4) is 11.5 Å². The fourth-order valence-corrected chi connectivity index (χ4v) is 1.54. The van der Waals surface area contributed by atoms with Gasteiger partial charge in [-0.2, -0.15) is 0 Å². The molecule has 0 aromatic heterocycles. The summed E-state index contributed by atoms with van der Waals surface area (Å²) in [5, 5.41) is 7.61. The number of rotatable bonds is 5. The Morgan fingerprint density at radius 2 is 2.06 bits per heavy atom. The Morgan fingerprint density at radius 3 is 2.65 bits per heavy atom. The van der Waals surface area contributed by atoms with E-state index in [1.807, 2.05) is 0 Å². The third-order valence-corrected chi connectivity index (χ3v) is 2.80. The van der Waals surface area contributed by atoms with Crippen LogP contribution in [0, 0.1) is 11.3 Å². The van der Waals surface area contributed by atoms with Crippen molar-refractivity contribution in [2.75, 3.05) is 20.8 Å². The van der Waals surface area contributed by atoms with Crippen LogP contribution >= 0.6 is 0 Å². The summed E-state index contributed by atoms with van der Waals surface area (Å²) in [5.74, 6) is 2.19. The third kappa shape index (κ3) is 2.90. The summed E-state index contributed by atoms with van der Waals surface area (Å²) in [6.07, 6.45) is 2.49. The highest BCUT2D eigenvalue weighted by molar-refractivity contribution is 5.92. The van der Waals surface area contributed by atoms with Crippen molar-refractivity contribution in [2.45, 2.75) is 12.8 Å². The van der Waals surface area contributed by atoms with E-state index in [1.54, 1.807) is 25.3 Å². The number of nitrogens with one attached hydrogen (secondary N) is 1. The zero-order valence-electron chi connectivity index (χ0n) is 10.2. The van der Waals surface area contributed by atoms with Gasteiger partial charge in [-0.3, -0.25) is 5.41 Å². The Kier molecular flexibility index (Phi) is 3.52. The SMILES string of the molecule is COC(=N)c1ccc(OC)c(OCC2CC2)c1. The summed E-state index contributed by atoms with van der Waals surface area (Å²) in [6.45, 7) is 0.722. The molecule has 0 unspecified atom stereocenters. The normalized spacial score (nSPS) is 14.2. The Morgan fingerprint density at radius 1 is 1.29 bits per heavy atom. The van der Waals surface area contributed by atoms with Gasteiger partial charge in [0.25, 0.3) is 0 Å². The van der Waals surface area contributed by atoms with Crippen LogP contribution in [0.3, 0.4) is 0 Å². The molecule has 1 saturated carbocycles. The number of methoxy groups -OCH3 is 2. The second kappa shape index (κ2) is 5.08. The topological polar surface area (TPSA) is 51.5 Å². The lowest BCUT2D eigenvalue weighted by Crippen LogP contribution is -2.05. The summed E-state index contributed by atoms with van der Waals surface area (Å²) in [5.41, 5.74) is 0.694. The maximum atomic E-state index is 7.61. The first kappa shape index (κ1) is 11.8. The van der Waals surface area contributed by atoms with Crippen LogP contribution in [0.2, 0.25) is 0 Å². The quantitative estimate of drug-likeness (QED) is 0.630. The van der Waals surface area contributed by atoms with Crippen molar-refractivity contribution < 1.29 is 14.2 Å². The highest BCUT2D eigenvalue weighted by atomic mass is 16.5. The maximum Gasteiger partial charge on any atom is 0.213 e. The molecule has 0 heterocycles. The van der Waals surface area contributed by atoms with Crippen LogP contribution in [0.4, 0.5) is 0 Å². The van der Waals surface area contributed by atoms with Gasteiger partial charge in [0.15, 0.2) is 11.5 Å². The van der Waals surface area contributed by atoms with Gasteiger partial charge in [-0.15, -0.1) is 0 Å². The first-order valence-corrected chi connectivity index (χ1v) is 5.68. The van der Waals surface area contributed by atoms with Crippen LogP contribution in [-0.2, 0) is 4.74 Å². The molecule has 2 rings (SSSR count). The van der Waals surface area contributed by atoms with Crippen LogP contribution in [0.15, 0.2) is 18.2 Å². The van der Waals surface area contributed by atoms with Crippen molar-refractivity contribution in [1.29, 1.82) is 5.41 Å². The van der Waals surface area contributed by atoms with E-state index in [2.05, 4.69) is 0 Å². The third-order valence-electron chi connectivity index (χ3n) is 2.80. The average molecular weight is 235 g/mol. The van der Waals surface area contributed by atoms with Crippen molar-refractivity contribution >= 4 is 5.90 Å². The molecule has 0 spiro atoms. The largest absolute Gasteiger partial charge is 0.493 e. The van der Waals surface area contributed by atoms with Gasteiger partial charge in [0.2, 0.25) is 5.90 Å². The monoisotopic (exact) mass is 235 g/mol. The molecular weight excluding hydrogens is 218 g/mol.